The van der Waals surface area contributed by atoms with Crippen LogP contribution in [0.1, 0.15) is 39.5 Å². The minimum atomic E-state index is -1.58. The SMILES string of the molecule is CCCC(=O)C(=O)[O-].CCCC(=O)C(=O)[O-].[Cu+2]. The average molecular weight is 294 g/mol. The third kappa shape index (κ3) is 14.8. The van der Waals surface area contributed by atoms with Crippen LogP contribution in [0, 0.1) is 0 Å². The van der Waals surface area contributed by atoms with Crippen molar-refractivity contribution in [2.24, 2.45) is 0 Å². The number of hydrogen-bond acceptors (Lipinski definition) is 6. The van der Waals surface area contributed by atoms with Crippen LogP contribution in [0.5, 0.6) is 0 Å². The molecule has 0 bridgehead atoms. The fraction of sp³-hybridized carbons (Fsp3) is 0.600. The molecule has 0 aliphatic carbocycles. The zero-order chi connectivity index (χ0) is 13.1. The molecule has 17 heavy (non-hydrogen) atoms. The third-order valence-electron chi connectivity index (χ3n) is 1.41. The van der Waals surface area contributed by atoms with Crippen molar-refractivity contribution in [3.05, 3.63) is 0 Å². The van der Waals surface area contributed by atoms with E-state index in [1.54, 1.807) is 13.8 Å². The van der Waals surface area contributed by atoms with Crippen molar-refractivity contribution in [3.8, 4) is 0 Å². The van der Waals surface area contributed by atoms with Gasteiger partial charge in [-0.3, -0.25) is 9.59 Å². The maximum Gasteiger partial charge on any atom is 2.00 e. The Kier molecular flexibility index (Phi) is 16.0. The smallest absolute Gasteiger partial charge is 0.542 e. The van der Waals surface area contributed by atoms with Crippen LogP contribution in [0.25, 0.3) is 0 Å². The van der Waals surface area contributed by atoms with Crippen LogP contribution in [0.4, 0.5) is 0 Å². The van der Waals surface area contributed by atoms with Crippen LogP contribution in [0.3, 0.4) is 0 Å². The van der Waals surface area contributed by atoms with Crippen molar-refractivity contribution in [1.29, 1.82) is 0 Å². The van der Waals surface area contributed by atoms with E-state index in [1.165, 1.54) is 0 Å². The van der Waals surface area contributed by atoms with E-state index in [9.17, 15) is 29.4 Å². The van der Waals surface area contributed by atoms with Crippen LogP contribution in [0.15, 0.2) is 0 Å². The molecule has 0 atom stereocenters. The Morgan fingerprint density at radius 1 is 0.765 bits per heavy atom. The Hall–Kier alpha value is -1.20. The van der Waals surface area contributed by atoms with Gasteiger partial charge in [0.15, 0.2) is 11.6 Å². The number of carboxylic acids is 2. The molecule has 6 nitrogen and oxygen atoms in total. The van der Waals surface area contributed by atoms with E-state index in [0.29, 0.717) is 12.8 Å². The molecule has 101 valence electrons. The molecule has 0 saturated carbocycles. The van der Waals surface area contributed by atoms with Crippen LogP contribution < -0.4 is 10.2 Å². The first kappa shape index (κ1) is 21.1. The number of carboxylic acid groups (broad SMARTS) is 2. The van der Waals surface area contributed by atoms with Gasteiger partial charge in [0.1, 0.15) is 11.9 Å². The second-order valence-corrected chi connectivity index (χ2v) is 2.92. The second-order valence-electron chi connectivity index (χ2n) is 2.92. The summed E-state index contributed by atoms with van der Waals surface area (Å²) in [5.41, 5.74) is 0. The first-order valence-corrected chi connectivity index (χ1v) is 4.85. The van der Waals surface area contributed by atoms with E-state index >= 15 is 0 Å². The van der Waals surface area contributed by atoms with Crippen LogP contribution >= 0.6 is 0 Å². The number of ketones is 2. The summed E-state index contributed by atoms with van der Waals surface area (Å²) in [6, 6.07) is 0. The van der Waals surface area contributed by atoms with Gasteiger partial charge < -0.3 is 19.8 Å². The number of aliphatic carboxylic acids is 2. The van der Waals surface area contributed by atoms with Crippen molar-refractivity contribution >= 4 is 23.5 Å². The molecule has 0 saturated heterocycles. The van der Waals surface area contributed by atoms with Crippen molar-refractivity contribution in [2.75, 3.05) is 0 Å². The number of carbonyl (C=O) groups excluding carboxylic acids is 4. The molecule has 0 amide bonds. The standard InChI is InChI=1S/2C5H8O3.Cu/c2*1-2-3-4(6)5(7)8;/h2*2-3H2,1H3,(H,7,8);/q;;+2/p-2. The van der Waals surface area contributed by atoms with Gasteiger partial charge in [-0.15, -0.1) is 0 Å². The van der Waals surface area contributed by atoms with Gasteiger partial charge in [-0.25, -0.2) is 0 Å². The predicted octanol–water partition coefficient (Wildman–Crippen LogP) is -1.79. The van der Waals surface area contributed by atoms with Gasteiger partial charge in [-0.1, -0.05) is 13.8 Å². The molecule has 0 fully saturated rings. The number of Topliss-reactive ketones (excluding diaryl/α,β-unsaturated/α-hetero) is 2. The summed E-state index contributed by atoms with van der Waals surface area (Å²) in [5, 5.41) is 19.3. The molecule has 0 aromatic carbocycles. The molecule has 0 aromatic heterocycles. The Labute approximate surface area is 110 Å². The molecule has 0 aliphatic heterocycles. The molecule has 1 radical (unpaired) electrons. The first-order chi connectivity index (χ1) is 7.36. The van der Waals surface area contributed by atoms with Crippen molar-refractivity contribution in [2.45, 2.75) is 39.5 Å². The van der Waals surface area contributed by atoms with Crippen LogP contribution in [-0.2, 0) is 36.2 Å². The van der Waals surface area contributed by atoms with Gasteiger partial charge in [0.25, 0.3) is 0 Å². The van der Waals surface area contributed by atoms with E-state index in [0.717, 1.165) is 0 Å². The summed E-state index contributed by atoms with van der Waals surface area (Å²) >= 11 is 0. The summed E-state index contributed by atoms with van der Waals surface area (Å²) in [6.45, 7) is 3.47. The van der Waals surface area contributed by atoms with E-state index in [1.807, 2.05) is 0 Å². The molecule has 0 spiro atoms. The summed E-state index contributed by atoms with van der Waals surface area (Å²) in [4.78, 5) is 39.4. The quantitative estimate of drug-likeness (QED) is 0.422. The fourth-order valence-electron chi connectivity index (χ4n) is 0.658. The van der Waals surface area contributed by atoms with Gasteiger partial charge in [0.05, 0.1) is 0 Å². The van der Waals surface area contributed by atoms with Crippen LogP contribution in [-0.4, -0.2) is 23.5 Å². The molecule has 0 rings (SSSR count). The van der Waals surface area contributed by atoms with Gasteiger partial charge in [-0.2, -0.15) is 0 Å². The summed E-state index contributed by atoms with van der Waals surface area (Å²) in [7, 11) is 0. The monoisotopic (exact) mass is 293 g/mol. The van der Waals surface area contributed by atoms with Crippen molar-refractivity contribution in [1.82, 2.24) is 0 Å². The Morgan fingerprint density at radius 2 is 1.00 bits per heavy atom. The number of rotatable bonds is 6. The maximum absolute atomic E-state index is 10.1. The van der Waals surface area contributed by atoms with Gasteiger partial charge >= 0.3 is 17.1 Å². The van der Waals surface area contributed by atoms with Gasteiger partial charge in [-0.05, 0) is 12.8 Å². The number of hydrogen-bond donors (Lipinski definition) is 0. The average Bonchev–Trinajstić information content (AvgIpc) is 2.19. The summed E-state index contributed by atoms with van der Waals surface area (Å²) in [5.74, 6) is -4.78. The molecule has 0 aromatic rings. The maximum atomic E-state index is 10.1. The van der Waals surface area contributed by atoms with E-state index in [4.69, 9.17) is 0 Å². The van der Waals surface area contributed by atoms with Gasteiger partial charge in [0.2, 0.25) is 0 Å². The topological polar surface area (TPSA) is 114 Å². The molecule has 7 heteroatoms. The Balaban J connectivity index is -0.000000218. The third-order valence-corrected chi connectivity index (χ3v) is 1.41. The van der Waals surface area contributed by atoms with Crippen molar-refractivity contribution < 1.29 is 46.5 Å². The zero-order valence-corrected chi connectivity index (χ0v) is 10.5. The van der Waals surface area contributed by atoms with E-state index < -0.39 is 23.5 Å². The molecule has 0 unspecified atom stereocenters. The molecular formula is C10H14CuO6. The van der Waals surface area contributed by atoms with E-state index in [2.05, 4.69) is 0 Å². The summed E-state index contributed by atoms with van der Waals surface area (Å²) in [6.07, 6.45) is 1.30. The summed E-state index contributed by atoms with van der Waals surface area (Å²) < 4.78 is 0. The zero-order valence-electron chi connectivity index (χ0n) is 9.58. The van der Waals surface area contributed by atoms with E-state index in [-0.39, 0.29) is 29.9 Å². The molecule has 0 aliphatic rings. The van der Waals surface area contributed by atoms with Crippen molar-refractivity contribution in [3.63, 3.8) is 0 Å². The fourth-order valence-corrected chi connectivity index (χ4v) is 0.658. The minimum absolute atomic E-state index is 0. The largest absolute Gasteiger partial charge is 2.00 e. The molecule has 0 N–H and O–H groups in total. The molecule has 0 heterocycles. The number of carbonyl (C=O) groups is 4. The minimum Gasteiger partial charge on any atom is -0.542 e. The normalized spacial score (nSPS) is 8.12. The molecular weight excluding hydrogens is 280 g/mol. The Morgan fingerprint density at radius 3 is 1.06 bits per heavy atom. The second kappa shape index (κ2) is 12.9. The van der Waals surface area contributed by atoms with Gasteiger partial charge in [0, 0.05) is 12.8 Å². The predicted molar refractivity (Wildman–Crippen MR) is 49.8 cm³/mol. The first-order valence-electron chi connectivity index (χ1n) is 4.85. The van der Waals surface area contributed by atoms with Crippen LogP contribution in [0.2, 0.25) is 0 Å². The Bertz CT molecular complexity index is 246.